The van der Waals surface area contributed by atoms with Crippen LogP contribution < -0.4 is 5.32 Å². The number of hydrogen-bond acceptors (Lipinski definition) is 7. The molecule has 26 heavy (non-hydrogen) atoms. The number of pyridine rings is 1. The predicted molar refractivity (Wildman–Crippen MR) is 102 cm³/mol. The van der Waals surface area contributed by atoms with E-state index in [4.69, 9.17) is 23.2 Å². The molecule has 0 spiro atoms. The van der Waals surface area contributed by atoms with Crippen LogP contribution in [0.25, 0.3) is 16.4 Å². The number of halogens is 2. The molecule has 0 saturated heterocycles. The summed E-state index contributed by atoms with van der Waals surface area (Å²) in [4.78, 5) is 8.77. The van der Waals surface area contributed by atoms with Crippen LogP contribution in [0.4, 0.5) is 5.95 Å². The molecule has 4 aromatic rings. The second kappa shape index (κ2) is 7.36. The third kappa shape index (κ3) is 3.26. The number of aromatic nitrogens is 6. The van der Waals surface area contributed by atoms with Gasteiger partial charge < -0.3 is 5.32 Å². The van der Waals surface area contributed by atoms with Gasteiger partial charge in [-0.1, -0.05) is 40.4 Å². The van der Waals surface area contributed by atoms with E-state index in [0.717, 1.165) is 16.3 Å². The van der Waals surface area contributed by atoms with Gasteiger partial charge in [0.05, 0.1) is 15.7 Å². The van der Waals surface area contributed by atoms with Crippen molar-refractivity contribution in [1.29, 1.82) is 0 Å². The Balaban J connectivity index is 1.62. The fourth-order valence-corrected chi connectivity index (χ4v) is 3.45. The highest BCUT2D eigenvalue weighted by Gasteiger charge is 2.14. The van der Waals surface area contributed by atoms with Crippen LogP contribution in [0.15, 0.2) is 48.1 Å². The van der Waals surface area contributed by atoms with E-state index in [1.807, 2.05) is 17.5 Å². The third-order valence-electron chi connectivity index (χ3n) is 3.59. The minimum Gasteiger partial charge on any atom is -0.349 e. The second-order valence-electron chi connectivity index (χ2n) is 5.19. The lowest BCUT2D eigenvalue weighted by molar-refractivity contribution is 0.789. The molecule has 130 valence electrons. The van der Waals surface area contributed by atoms with Crippen molar-refractivity contribution in [3.8, 4) is 16.4 Å². The van der Waals surface area contributed by atoms with E-state index in [-0.39, 0.29) is 0 Å². The molecule has 10 heteroatoms. The SMILES string of the molecule is Clc1cccc(-n2nnnc2NCc2cccnc2-c2nccs2)c1Cl. The van der Waals surface area contributed by atoms with Crippen molar-refractivity contribution in [2.45, 2.75) is 6.54 Å². The van der Waals surface area contributed by atoms with Crippen LogP contribution in [0, 0.1) is 0 Å². The highest BCUT2D eigenvalue weighted by Crippen LogP contribution is 2.29. The van der Waals surface area contributed by atoms with Crippen molar-refractivity contribution >= 4 is 40.5 Å². The van der Waals surface area contributed by atoms with Gasteiger partial charge in [0, 0.05) is 29.9 Å². The van der Waals surface area contributed by atoms with Gasteiger partial charge in [-0.05, 0) is 28.6 Å². The van der Waals surface area contributed by atoms with E-state index in [2.05, 4.69) is 30.8 Å². The van der Waals surface area contributed by atoms with E-state index in [1.165, 1.54) is 16.0 Å². The molecule has 3 aromatic heterocycles. The van der Waals surface area contributed by atoms with E-state index >= 15 is 0 Å². The van der Waals surface area contributed by atoms with Crippen LogP contribution in [0.3, 0.4) is 0 Å². The number of tetrazole rings is 1. The largest absolute Gasteiger partial charge is 0.349 e. The minimum atomic E-state index is 0.384. The molecule has 0 aliphatic carbocycles. The quantitative estimate of drug-likeness (QED) is 0.540. The smallest absolute Gasteiger partial charge is 0.248 e. The molecule has 4 rings (SSSR count). The summed E-state index contributed by atoms with van der Waals surface area (Å²) in [5.74, 6) is 0.447. The van der Waals surface area contributed by atoms with Crippen molar-refractivity contribution in [2.75, 3.05) is 5.32 Å². The van der Waals surface area contributed by atoms with Gasteiger partial charge in [-0.3, -0.25) is 4.98 Å². The van der Waals surface area contributed by atoms with Crippen molar-refractivity contribution in [3.63, 3.8) is 0 Å². The molecular weight excluding hydrogens is 393 g/mol. The lowest BCUT2D eigenvalue weighted by Crippen LogP contribution is -2.09. The number of anilines is 1. The Morgan fingerprint density at radius 1 is 1.08 bits per heavy atom. The van der Waals surface area contributed by atoms with E-state index in [1.54, 1.807) is 30.6 Å². The van der Waals surface area contributed by atoms with Crippen molar-refractivity contribution in [3.05, 3.63) is 63.7 Å². The molecule has 0 amide bonds. The molecule has 1 aromatic carbocycles. The number of hydrogen-bond donors (Lipinski definition) is 1. The van der Waals surface area contributed by atoms with E-state index < -0.39 is 0 Å². The Labute approximate surface area is 162 Å². The monoisotopic (exact) mass is 403 g/mol. The molecule has 0 fully saturated rings. The first-order chi connectivity index (χ1) is 12.7. The average Bonchev–Trinajstić information content (AvgIpc) is 3.34. The summed E-state index contributed by atoms with van der Waals surface area (Å²) in [6.07, 6.45) is 3.50. The third-order valence-corrected chi connectivity index (χ3v) is 5.18. The summed E-state index contributed by atoms with van der Waals surface area (Å²) in [6, 6.07) is 9.15. The van der Waals surface area contributed by atoms with Gasteiger partial charge in [-0.15, -0.1) is 11.3 Å². The highest BCUT2D eigenvalue weighted by atomic mass is 35.5. The van der Waals surface area contributed by atoms with Crippen molar-refractivity contribution in [2.24, 2.45) is 0 Å². The normalized spacial score (nSPS) is 10.8. The number of nitrogens with zero attached hydrogens (tertiary/aromatic N) is 6. The number of nitrogens with one attached hydrogen (secondary N) is 1. The lowest BCUT2D eigenvalue weighted by Gasteiger charge is -2.10. The van der Waals surface area contributed by atoms with Gasteiger partial charge >= 0.3 is 0 Å². The van der Waals surface area contributed by atoms with E-state index in [0.29, 0.717) is 28.2 Å². The van der Waals surface area contributed by atoms with Gasteiger partial charge in [0.15, 0.2) is 0 Å². The first-order valence-corrected chi connectivity index (χ1v) is 9.18. The predicted octanol–water partition coefficient (Wildman–Crippen LogP) is 4.10. The van der Waals surface area contributed by atoms with Crippen LogP contribution in [0.5, 0.6) is 0 Å². The molecule has 0 radical (unpaired) electrons. The standard InChI is InChI=1S/C16H11Cl2N7S/c17-11-4-1-5-12(13(11)18)25-16(22-23-24-25)21-9-10-3-2-6-19-14(10)15-20-7-8-26-15/h1-8H,9H2,(H,21,22,24). The first kappa shape index (κ1) is 16.9. The minimum absolute atomic E-state index is 0.384. The maximum Gasteiger partial charge on any atom is 0.248 e. The fraction of sp³-hybridized carbons (Fsp3) is 0.0625. The zero-order valence-corrected chi connectivity index (χ0v) is 15.5. The van der Waals surface area contributed by atoms with Gasteiger partial charge in [0.25, 0.3) is 0 Å². The number of thiazole rings is 1. The molecular formula is C16H11Cl2N7S. The highest BCUT2D eigenvalue weighted by molar-refractivity contribution is 7.13. The topological polar surface area (TPSA) is 81.4 Å². The van der Waals surface area contributed by atoms with Crippen LogP contribution in [0.2, 0.25) is 10.0 Å². The second-order valence-corrected chi connectivity index (χ2v) is 6.87. The maximum absolute atomic E-state index is 6.27. The molecule has 1 N–H and O–H groups in total. The van der Waals surface area contributed by atoms with Crippen LogP contribution in [0.1, 0.15) is 5.56 Å². The zero-order valence-electron chi connectivity index (χ0n) is 13.2. The summed E-state index contributed by atoms with van der Waals surface area (Å²) in [7, 11) is 0. The molecule has 0 bridgehead atoms. The average molecular weight is 404 g/mol. The molecule has 7 nitrogen and oxygen atoms in total. The molecule has 0 aliphatic heterocycles. The zero-order chi connectivity index (χ0) is 17.9. The number of rotatable bonds is 5. The summed E-state index contributed by atoms with van der Waals surface area (Å²) >= 11 is 13.9. The first-order valence-electron chi connectivity index (χ1n) is 7.54. The van der Waals surface area contributed by atoms with Crippen LogP contribution >= 0.6 is 34.5 Å². The van der Waals surface area contributed by atoms with Gasteiger partial charge in [-0.2, -0.15) is 4.68 Å². The Morgan fingerprint density at radius 2 is 2.00 bits per heavy atom. The molecule has 0 atom stereocenters. The van der Waals surface area contributed by atoms with Gasteiger partial charge in [0.2, 0.25) is 5.95 Å². The van der Waals surface area contributed by atoms with E-state index in [9.17, 15) is 0 Å². The lowest BCUT2D eigenvalue weighted by atomic mass is 10.2. The Morgan fingerprint density at radius 3 is 2.85 bits per heavy atom. The summed E-state index contributed by atoms with van der Waals surface area (Å²) in [5, 5.41) is 18.6. The maximum atomic E-state index is 6.27. The summed E-state index contributed by atoms with van der Waals surface area (Å²) < 4.78 is 1.51. The van der Waals surface area contributed by atoms with Crippen LogP contribution in [-0.2, 0) is 6.54 Å². The number of benzene rings is 1. The molecule has 3 heterocycles. The fourth-order valence-electron chi connectivity index (χ4n) is 2.40. The molecule has 0 aliphatic rings. The molecule has 0 saturated carbocycles. The molecule has 0 unspecified atom stereocenters. The summed E-state index contributed by atoms with van der Waals surface area (Å²) in [5.41, 5.74) is 2.40. The van der Waals surface area contributed by atoms with Gasteiger partial charge in [0.1, 0.15) is 10.7 Å². The van der Waals surface area contributed by atoms with Crippen molar-refractivity contribution < 1.29 is 0 Å². The van der Waals surface area contributed by atoms with Crippen LogP contribution in [-0.4, -0.2) is 30.2 Å². The Bertz CT molecular complexity index is 1030. The Kier molecular flexibility index (Phi) is 4.79. The summed E-state index contributed by atoms with van der Waals surface area (Å²) in [6.45, 7) is 0.474. The van der Waals surface area contributed by atoms with Crippen molar-refractivity contribution in [1.82, 2.24) is 30.2 Å². The van der Waals surface area contributed by atoms with Gasteiger partial charge in [-0.25, -0.2) is 4.98 Å². The Hall–Kier alpha value is -2.55.